The molecule has 1 aliphatic rings. The quantitative estimate of drug-likeness (QED) is 0.291. The van der Waals surface area contributed by atoms with Gasteiger partial charge in [0.1, 0.15) is 4.83 Å². The molecule has 0 spiro atoms. The lowest BCUT2D eigenvalue weighted by Crippen LogP contribution is -2.29. The first-order valence-electron chi connectivity index (χ1n) is 10.9. The van der Waals surface area contributed by atoms with Crippen LogP contribution >= 0.6 is 23.1 Å². The molecule has 1 unspecified atom stereocenters. The zero-order valence-electron chi connectivity index (χ0n) is 18.3. The van der Waals surface area contributed by atoms with Gasteiger partial charge in [-0.2, -0.15) is 0 Å². The Morgan fingerprint density at radius 2 is 2.12 bits per heavy atom. The third kappa shape index (κ3) is 3.70. The Balaban J connectivity index is 1.70. The molecule has 32 heavy (non-hydrogen) atoms. The summed E-state index contributed by atoms with van der Waals surface area (Å²) in [5.74, 6) is 1.73. The van der Waals surface area contributed by atoms with Gasteiger partial charge in [-0.3, -0.25) is 9.36 Å². The summed E-state index contributed by atoms with van der Waals surface area (Å²) in [5.41, 5.74) is 2.36. The van der Waals surface area contributed by atoms with Crippen molar-refractivity contribution in [3.8, 4) is 0 Å². The van der Waals surface area contributed by atoms with Crippen LogP contribution in [0, 0.1) is 5.92 Å². The summed E-state index contributed by atoms with van der Waals surface area (Å²) in [6.45, 7) is 9.28. The first-order chi connectivity index (χ1) is 15.6. The Bertz CT molecular complexity index is 1340. The molecule has 0 saturated heterocycles. The Morgan fingerprint density at radius 3 is 2.88 bits per heavy atom. The van der Waals surface area contributed by atoms with Gasteiger partial charge >= 0.3 is 0 Å². The Morgan fingerprint density at radius 1 is 1.31 bits per heavy atom. The van der Waals surface area contributed by atoms with Crippen molar-refractivity contribution in [1.82, 2.24) is 19.2 Å². The van der Waals surface area contributed by atoms with Gasteiger partial charge in [0.2, 0.25) is 5.78 Å². The van der Waals surface area contributed by atoms with E-state index in [-0.39, 0.29) is 11.7 Å². The molecule has 5 rings (SSSR count). The van der Waals surface area contributed by atoms with Gasteiger partial charge in [0, 0.05) is 23.6 Å². The second-order valence-corrected chi connectivity index (χ2v) is 10.5. The van der Waals surface area contributed by atoms with Crippen LogP contribution in [0.4, 0.5) is 0 Å². The smallest absolute Gasteiger partial charge is 0.263 e. The highest BCUT2D eigenvalue weighted by Crippen LogP contribution is 2.37. The number of benzene rings is 1. The van der Waals surface area contributed by atoms with Gasteiger partial charge in [0.05, 0.1) is 18.1 Å². The second-order valence-electron chi connectivity index (χ2n) is 8.39. The molecule has 1 aliphatic heterocycles. The lowest BCUT2D eigenvalue weighted by atomic mass is 9.96. The molecule has 1 aromatic carbocycles. The van der Waals surface area contributed by atoms with Crippen molar-refractivity contribution in [3.05, 3.63) is 69.3 Å². The van der Waals surface area contributed by atoms with E-state index >= 15 is 0 Å². The molecule has 3 aromatic heterocycles. The number of fused-ring (bicyclic) bond motifs is 5. The molecule has 0 radical (unpaired) electrons. The maximum absolute atomic E-state index is 13.8. The van der Waals surface area contributed by atoms with Crippen molar-refractivity contribution >= 4 is 39.1 Å². The highest BCUT2D eigenvalue weighted by molar-refractivity contribution is 7.99. The third-order valence-corrected chi connectivity index (χ3v) is 8.08. The minimum atomic E-state index is 0.0259. The molecule has 0 amide bonds. The van der Waals surface area contributed by atoms with Crippen molar-refractivity contribution in [2.75, 3.05) is 5.75 Å². The summed E-state index contributed by atoms with van der Waals surface area (Å²) >= 11 is 3.22. The van der Waals surface area contributed by atoms with E-state index in [0.717, 1.165) is 44.4 Å². The predicted octanol–water partition coefficient (Wildman–Crippen LogP) is 4.72. The first-order valence-corrected chi connectivity index (χ1v) is 12.7. The van der Waals surface area contributed by atoms with E-state index < -0.39 is 0 Å². The van der Waals surface area contributed by atoms with Gasteiger partial charge in [-0.25, -0.2) is 4.40 Å². The molecule has 0 aliphatic carbocycles. The average molecular weight is 467 g/mol. The maximum Gasteiger partial charge on any atom is 0.263 e. The Labute approximate surface area is 194 Å². The molecule has 6 nitrogen and oxygen atoms in total. The molecule has 0 saturated carbocycles. The van der Waals surface area contributed by atoms with E-state index in [1.807, 2.05) is 24.3 Å². The summed E-state index contributed by atoms with van der Waals surface area (Å²) in [6.07, 6.45) is 3.51. The Kier molecular flexibility index (Phi) is 5.92. The van der Waals surface area contributed by atoms with Gasteiger partial charge in [0.25, 0.3) is 5.56 Å². The number of aromatic nitrogens is 4. The normalized spacial score (nSPS) is 16.2. The van der Waals surface area contributed by atoms with Crippen LogP contribution in [0.1, 0.15) is 29.9 Å². The van der Waals surface area contributed by atoms with Crippen LogP contribution in [0.2, 0.25) is 0 Å². The number of rotatable bonds is 7. The van der Waals surface area contributed by atoms with Crippen LogP contribution in [-0.2, 0) is 30.7 Å². The van der Waals surface area contributed by atoms with E-state index in [9.17, 15) is 4.79 Å². The monoisotopic (exact) mass is 466 g/mol. The molecule has 0 fully saturated rings. The lowest BCUT2D eigenvalue weighted by molar-refractivity contribution is 0.00200. The molecular weight excluding hydrogens is 440 g/mol. The molecule has 8 heteroatoms. The minimum Gasteiger partial charge on any atom is -0.372 e. The molecule has 0 N–H and O–H groups in total. The largest absolute Gasteiger partial charge is 0.372 e. The van der Waals surface area contributed by atoms with E-state index in [0.29, 0.717) is 24.8 Å². The fraction of sp³-hybridized carbons (Fsp3) is 0.375. The van der Waals surface area contributed by atoms with E-state index in [1.165, 1.54) is 5.56 Å². The van der Waals surface area contributed by atoms with Crippen LogP contribution in [0.15, 0.2) is 52.9 Å². The number of nitrogens with zero attached hydrogens (tertiary/aromatic N) is 4. The number of hydrogen-bond acceptors (Lipinski definition) is 6. The summed E-state index contributed by atoms with van der Waals surface area (Å²) in [7, 11) is 0. The van der Waals surface area contributed by atoms with Crippen molar-refractivity contribution in [2.45, 2.75) is 51.1 Å². The zero-order chi connectivity index (χ0) is 22.2. The molecule has 4 heterocycles. The first kappa shape index (κ1) is 21.4. The highest BCUT2D eigenvalue weighted by atomic mass is 32.2. The molecule has 0 bridgehead atoms. The van der Waals surface area contributed by atoms with Crippen LogP contribution in [-0.4, -0.2) is 31.0 Å². The van der Waals surface area contributed by atoms with Crippen molar-refractivity contribution in [3.63, 3.8) is 0 Å². The van der Waals surface area contributed by atoms with E-state index in [2.05, 4.69) is 47.2 Å². The van der Waals surface area contributed by atoms with E-state index in [1.54, 1.807) is 27.7 Å². The van der Waals surface area contributed by atoms with E-state index in [4.69, 9.17) is 4.74 Å². The van der Waals surface area contributed by atoms with Crippen LogP contribution in [0.3, 0.4) is 0 Å². The number of aryl methyl sites for hydroxylation is 2. The average Bonchev–Trinajstić information content (AvgIpc) is 3.39. The number of thioether (sulfide) groups is 1. The second kappa shape index (κ2) is 8.84. The van der Waals surface area contributed by atoms with Gasteiger partial charge in [-0.15, -0.1) is 28.1 Å². The predicted molar refractivity (Wildman–Crippen MR) is 131 cm³/mol. The SMILES string of the molecule is C=CCSc1nnc2n(CCc3ccccc3)c(=O)c3c4c(sc3n12)COC(C(C)C)C4. The number of thiophene rings is 1. The van der Waals surface area contributed by atoms with Crippen LogP contribution < -0.4 is 5.56 Å². The van der Waals surface area contributed by atoms with Gasteiger partial charge < -0.3 is 4.74 Å². The van der Waals surface area contributed by atoms with Gasteiger partial charge in [-0.1, -0.05) is 62.0 Å². The summed E-state index contributed by atoms with van der Waals surface area (Å²) in [5, 5.41) is 10.5. The Hall–Kier alpha value is -2.42. The third-order valence-electron chi connectivity index (χ3n) is 5.97. The summed E-state index contributed by atoms with van der Waals surface area (Å²) in [4.78, 5) is 15.9. The summed E-state index contributed by atoms with van der Waals surface area (Å²) in [6, 6.07) is 10.2. The van der Waals surface area contributed by atoms with Gasteiger partial charge in [0.15, 0.2) is 5.16 Å². The molecule has 4 aromatic rings. The number of ether oxygens (including phenoxy) is 1. The lowest BCUT2D eigenvalue weighted by Gasteiger charge is -2.26. The van der Waals surface area contributed by atoms with Crippen LogP contribution in [0.25, 0.3) is 16.0 Å². The zero-order valence-corrected chi connectivity index (χ0v) is 19.9. The number of hydrogen-bond donors (Lipinski definition) is 0. The van der Waals surface area contributed by atoms with Crippen molar-refractivity contribution < 1.29 is 4.74 Å². The minimum absolute atomic E-state index is 0.0259. The summed E-state index contributed by atoms with van der Waals surface area (Å²) < 4.78 is 9.96. The molecule has 166 valence electrons. The maximum atomic E-state index is 13.8. The standard InChI is InChI=1S/C24H26N4O2S2/c1-4-12-31-24-26-25-23-27(11-10-16-8-6-5-7-9-16)21(29)20-17-13-18(15(2)3)30-14-19(17)32-22(20)28(23)24/h4-9,15,18H,1,10-14H2,2-3H3. The van der Waals surface area contributed by atoms with Crippen LogP contribution in [0.5, 0.6) is 0 Å². The van der Waals surface area contributed by atoms with Crippen molar-refractivity contribution in [1.29, 1.82) is 0 Å². The highest BCUT2D eigenvalue weighted by Gasteiger charge is 2.29. The fourth-order valence-corrected chi connectivity index (χ4v) is 6.20. The fourth-order valence-electron chi connectivity index (χ4n) is 4.23. The molecular formula is C24H26N4O2S2. The topological polar surface area (TPSA) is 61.4 Å². The van der Waals surface area contributed by atoms with Crippen molar-refractivity contribution in [2.24, 2.45) is 5.92 Å². The molecule has 1 atom stereocenters. The van der Waals surface area contributed by atoms with Gasteiger partial charge in [-0.05, 0) is 23.5 Å².